The molecule has 18 heavy (non-hydrogen) atoms. The van der Waals surface area contributed by atoms with Crippen molar-refractivity contribution in [3.05, 3.63) is 30.0 Å². The third kappa shape index (κ3) is 2.14. The lowest BCUT2D eigenvalue weighted by Crippen LogP contribution is -1.97. The minimum Gasteiger partial charge on any atom is -0.357 e. The van der Waals surface area contributed by atoms with Gasteiger partial charge in [0.05, 0.1) is 6.20 Å². The molecule has 0 unspecified atom stereocenters. The highest BCUT2D eigenvalue weighted by atomic mass is 32.2. The zero-order chi connectivity index (χ0) is 12.4. The summed E-state index contributed by atoms with van der Waals surface area (Å²) in [5.41, 5.74) is 0. The fourth-order valence-corrected chi connectivity index (χ4v) is 3.12. The zero-order valence-corrected chi connectivity index (χ0v) is 11.1. The Kier molecular flexibility index (Phi) is 3.07. The van der Waals surface area contributed by atoms with Crippen LogP contribution in [0.15, 0.2) is 40.1 Å². The van der Waals surface area contributed by atoms with E-state index in [9.17, 15) is 0 Å². The number of hydrogen-bond donors (Lipinski definition) is 1. The highest BCUT2D eigenvalue weighted by Gasteiger charge is 2.10. The summed E-state index contributed by atoms with van der Waals surface area (Å²) in [5.74, 6) is 0.622. The van der Waals surface area contributed by atoms with Gasteiger partial charge in [-0.1, -0.05) is 0 Å². The number of aromatic nitrogens is 4. The van der Waals surface area contributed by atoms with Crippen LogP contribution in [0.2, 0.25) is 0 Å². The van der Waals surface area contributed by atoms with Crippen LogP contribution in [0.5, 0.6) is 0 Å². The quantitative estimate of drug-likeness (QED) is 0.741. The van der Waals surface area contributed by atoms with Crippen molar-refractivity contribution in [2.75, 3.05) is 12.4 Å². The second kappa shape index (κ2) is 4.87. The summed E-state index contributed by atoms with van der Waals surface area (Å²) in [6.45, 7) is 0. The fraction of sp³-hybridized carbons (Fsp3) is 0.0909. The van der Waals surface area contributed by atoms with Gasteiger partial charge in [0.1, 0.15) is 14.9 Å². The van der Waals surface area contributed by atoms with E-state index in [2.05, 4.69) is 25.3 Å². The third-order valence-corrected chi connectivity index (χ3v) is 3.99. The van der Waals surface area contributed by atoms with Crippen LogP contribution in [0.3, 0.4) is 0 Å². The van der Waals surface area contributed by atoms with Gasteiger partial charge in [-0.3, -0.25) is 4.98 Å². The van der Waals surface area contributed by atoms with Crippen LogP contribution in [0.1, 0.15) is 0 Å². The van der Waals surface area contributed by atoms with E-state index < -0.39 is 0 Å². The molecule has 0 spiro atoms. The molecule has 0 bridgehead atoms. The first-order chi connectivity index (χ1) is 8.86. The molecule has 3 rings (SSSR count). The molecular formula is C11H9N5S2. The van der Waals surface area contributed by atoms with E-state index in [-0.39, 0.29) is 0 Å². The molecule has 0 aliphatic heterocycles. The molecule has 0 radical (unpaired) electrons. The lowest BCUT2D eigenvalue weighted by molar-refractivity contribution is 1.04. The first-order valence-corrected chi connectivity index (χ1v) is 6.93. The molecule has 90 valence electrons. The van der Waals surface area contributed by atoms with Crippen molar-refractivity contribution in [2.24, 2.45) is 0 Å². The van der Waals surface area contributed by atoms with Gasteiger partial charge in [-0.05, 0) is 23.2 Å². The molecule has 3 heterocycles. The molecule has 0 amide bonds. The van der Waals surface area contributed by atoms with Crippen LogP contribution in [0.4, 0.5) is 5.95 Å². The average Bonchev–Trinajstić information content (AvgIpc) is 2.88. The fourth-order valence-electron chi connectivity index (χ4n) is 1.45. The molecule has 3 aromatic rings. The Labute approximate surface area is 112 Å². The Hall–Kier alpha value is -1.73. The van der Waals surface area contributed by atoms with E-state index in [0.717, 1.165) is 20.3 Å². The molecule has 0 aliphatic rings. The Morgan fingerprint density at radius 1 is 1.28 bits per heavy atom. The van der Waals surface area contributed by atoms with Gasteiger partial charge in [-0.25, -0.2) is 15.0 Å². The van der Waals surface area contributed by atoms with Gasteiger partial charge in [0.25, 0.3) is 0 Å². The number of fused-ring (bicyclic) bond motifs is 1. The average molecular weight is 275 g/mol. The molecule has 1 N–H and O–H groups in total. The maximum Gasteiger partial charge on any atom is 0.224 e. The third-order valence-electron chi connectivity index (χ3n) is 2.25. The van der Waals surface area contributed by atoms with Crippen LogP contribution in [0.25, 0.3) is 10.2 Å². The van der Waals surface area contributed by atoms with Crippen molar-refractivity contribution in [3.63, 3.8) is 0 Å². The SMILES string of the molecule is CNc1nc(Sc2cnccn2)c2ccsc2n1. The van der Waals surface area contributed by atoms with E-state index in [4.69, 9.17) is 0 Å². The normalized spacial score (nSPS) is 10.7. The van der Waals surface area contributed by atoms with E-state index in [1.54, 1.807) is 29.9 Å². The number of thiophene rings is 1. The van der Waals surface area contributed by atoms with Crippen LogP contribution >= 0.6 is 23.1 Å². The summed E-state index contributed by atoms with van der Waals surface area (Å²) < 4.78 is 0. The highest BCUT2D eigenvalue weighted by Crippen LogP contribution is 2.32. The summed E-state index contributed by atoms with van der Waals surface area (Å²) in [4.78, 5) is 18.1. The molecule has 0 aromatic carbocycles. The Balaban J connectivity index is 2.07. The maximum atomic E-state index is 4.47. The Morgan fingerprint density at radius 3 is 3.00 bits per heavy atom. The maximum absolute atomic E-state index is 4.47. The summed E-state index contributed by atoms with van der Waals surface area (Å²) in [5, 5.41) is 7.75. The predicted molar refractivity (Wildman–Crippen MR) is 73.1 cm³/mol. The van der Waals surface area contributed by atoms with Crippen molar-refractivity contribution in [1.82, 2.24) is 19.9 Å². The Morgan fingerprint density at radius 2 is 2.22 bits per heavy atom. The molecule has 3 aromatic heterocycles. The number of hydrogen-bond acceptors (Lipinski definition) is 7. The zero-order valence-electron chi connectivity index (χ0n) is 9.49. The van der Waals surface area contributed by atoms with Gasteiger partial charge >= 0.3 is 0 Å². The predicted octanol–water partition coefficient (Wildman–Crippen LogP) is 2.67. The van der Waals surface area contributed by atoms with E-state index >= 15 is 0 Å². The largest absolute Gasteiger partial charge is 0.357 e. The summed E-state index contributed by atoms with van der Waals surface area (Å²) in [6.07, 6.45) is 5.06. The topological polar surface area (TPSA) is 63.6 Å². The molecule has 0 fully saturated rings. The van der Waals surface area contributed by atoms with Gasteiger partial charge in [0.2, 0.25) is 5.95 Å². The molecule has 0 saturated heterocycles. The highest BCUT2D eigenvalue weighted by molar-refractivity contribution is 7.99. The van der Waals surface area contributed by atoms with E-state index in [1.807, 2.05) is 18.5 Å². The first kappa shape index (κ1) is 11.4. The standard InChI is InChI=1S/C11H9N5S2/c1-12-11-15-9-7(2-5-17-9)10(16-11)18-8-6-13-3-4-14-8/h2-6H,1H3,(H,12,15,16). The van der Waals surface area contributed by atoms with Crippen LogP contribution in [-0.4, -0.2) is 27.0 Å². The number of nitrogens with zero attached hydrogens (tertiary/aromatic N) is 4. The first-order valence-electron chi connectivity index (χ1n) is 5.23. The minimum atomic E-state index is 0.622. The summed E-state index contributed by atoms with van der Waals surface area (Å²) in [7, 11) is 1.81. The molecular weight excluding hydrogens is 266 g/mol. The summed E-state index contributed by atoms with van der Waals surface area (Å²) in [6, 6.07) is 2.03. The smallest absolute Gasteiger partial charge is 0.224 e. The molecule has 0 saturated carbocycles. The van der Waals surface area contributed by atoms with E-state index in [0.29, 0.717) is 5.95 Å². The second-order valence-corrected chi connectivity index (χ2v) is 5.29. The van der Waals surface area contributed by atoms with Crippen molar-refractivity contribution in [2.45, 2.75) is 10.1 Å². The van der Waals surface area contributed by atoms with E-state index in [1.165, 1.54) is 11.8 Å². The Bertz CT molecular complexity index is 668. The molecule has 0 aliphatic carbocycles. The summed E-state index contributed by atoms with van der Waals surface area (Å²) >= 11 is 3.09. The second-order valence-electron chi connectivity index (χ2n) is 3.39. The molecule has 0 atom stereocenters. The molecule has 7 heteroatoms. The van der Waals surface area contributed by atoms with Crippen LogP contribution < -0.4 is 5.32 Å². The lowest BCUT2D eigenvalue weighted by Gasteiger charge is -2.04. The van der Waals surface area contributed by atoms with Gasteiger partial charge in [0, 0.05) is 24.8 Å². The van der Waals surface area contributed by atoms with Crippen molar-refractivity contribution in [1.29, 1.82) is 0 Å². The molecule has 5 nitrogen and oxygen atoms in total. The van der Waals surface area contributed by atoms with Gasteiger partial charge < -0.3 is 5.32 Å². The van der Waals surface area contributed by atoms with Crippen molar-refractivity contribution < 1.29 is 0 Å². The van der Waals surface area contributed by atoms with Crippen LogP contribution in [0, 0.1) is 0 Å². The van der Waals surface area contributed by atoms with Gasteiger partial charge in [-0.2, -0.15) is 0 Å². The van der Waals surface area contributed by atoms with Crippen molar-refractivity contribution >= 4 is 39.3 Å². The lowest BCUT2D eigenvalue weighted by atomic mass is 10.4. The number of anilines is 1. The van der Waals surface area contributed by atoms with Crippen LogP contribution in [-0.2, 0) is 0 Å². The van der Waals surface area contributed by atoms with Crippen molar-refractivity contribution in [3.8, 4) is 0 Å². The minimum absolute atomic E-state index is 0.622. The number of nitrogens with one attached hydrogen (secondary N) is 1. The van der Waals surface area contributed by atoms with Gasteiger partial charge in [0.15, 0.2) is 0 Å². The van der Waals surface area contributed by atoms with Gasteiger partial charge in [-0.15, -0.1) is 11.3 Å². The monoisotopic (exact) mass is 275 g/mol. The number of rotatable bonds is 3.